The molecule has 8 atom stereocenters. The Morgan fingerprint density at radius 2 is 1.77 bits per heavy atom. The van der Waals surface area contributed by atoms with Crippen LogP contribution in [0.5, 0.6) is 0 Å². The van der Waals surface area contributed by atoms with Crippen molar-refractivity contribution in [1.29, 1.82) is 0 Å². The van der Waals surface area contributed by atoms with Gasteiger partial charge in [-0.1, -0.05) is 65.5 Å². The van der Waals surface area contributed by atoms with Crippen molar-refractivity contribution >= 4 is 79.6 Å². The van der Waals surface area contributed by atoms with Crippen LogP contribution in [0.1, 0.15) is 116 Å². The normalized spacial score (nSPS) is 34.1. The Morgan fingerprint density at radius 3 is 2.51 bits per heavy atom. The second-order valence-corrected chi connectivity index (χ2v) is 18.6. The molecule has 0 saturated heterocycles. The van der Waals surface area contributed by atoms with E-state index >= 15 is 0 Å². The Hall–Kier alpha value is 0.0900. The second kappa shape index (κ2) is 14.1. The molecule has 1 amide bonds. The molecule has 0 spiro atoms. The third-order valence-electron chi connectivity index (χ3n) is 12.2. The number of fused-ring (bicyclic) bond motifs is 5. The highest BCUT2D eigenvalue weighted by Crippen LogP contribution is 2.67. The summed E-state index contributed by atoms with van der Waals surface area (Å²) in [5.74, 6) is 4.41. The monoisotopic (exact) mass is 925 g/mol. The van der Waals surface area contributed by atoms with Gasteiger partial charge in [0.15, 0.2) is 0 Å². The van der Waals surface area contributed by atoms with Gasteiger partial charge in [0, 0.05) is 17.1 Å². The molecular weight excluding hydrogens is 875 g/mol. The van der Waals surface area contributed by atoms with Gasteiger partial charge in [-0.25, -0.2) is 0 Å². The summed E-state index contributed by atoms with van der Waals surface area (Å²) in [5.41, 5.74) is 2.88. The summed E-state index contributed by atoms with van der Waals surface area (Å²) in [4.78, 5) is 25.6. The summed E-state index contributed by atoms with van der Waals surface area (Å²) in [6.45, 7) is 12.4. The molecule has 3 unspecified atom stereocenters. The Kier molecular flexibility index (Phi) is 11.3. The summed E-state index contributed by atoms with van der Waals surface area (Å²) in [5, 5.41) is 2.80. The van der Waals surface area contributed by atoms with Gasteiger partial charge in [0.05, 0.1) is 5.56 Å². The molecule has 1 aromatic carbocycles. The minimum Gasteiger partial charge on any atom is -0.461 e. The summed E-state index contributed by atoms with van der Waals surface area (Å²) >= 11 is 6.66. The van der Waals surface area contributed by atoms with E-state index < -0.39 is 0 Å². The van der Waals surface area contributed by atoms with Gasteiger partial charge in [-0.2, -0.15) is 0 Å². The van der Waals surface area contributed by atoms with Crippen molar-refractivity contribution in [3.63, 3.8) is 0 Å². The van der Waals surface area contributed by atoms with Gasteiger partial charge >= 0.3 is 5.97 Å². The highest BCUT2D eigenvalue weighted by Gasteiger charge is 2.59. The number of benzene rings is 1. The van der Waals surface area contributed by atoms with Crippen LogP contribution in [0.2, 0.25) is 0 Å². The number of hydrogen-bond donors (Lipinski definition) is 1. The number of hydrogen-bond acceptors (Lipinski definition) is 3. The average Bonchev–Trinajstić information content (AvgIpc) is 3.31. The zero-order chi connectivity index (χ0) is 31.1. The fourth-order valence-corrected chi connectivity index (χ4v) is 12.4. The zero-order valence-corrected chi connectivity index (χ0v) is 33.1. The predicted octanol–water partition coefficient (Wildman–Crippen LogP) is 10.2. The molecule has 1 N–H and O–H groups in total. The van der Waals surface area contributed by atoms with Crippen LogP contribution in [0.4, 0.5) is 0 Å². The quantitative estimate of drug-likeness (QED) is 0.116. The summed E-state index contributed by atoms with van der Waals surface area (Å²) in [6, 6.07) is 3.91. The molecule has 0 radical (unpaired) electrons. The van der Waals surface area contributed by atoms with E-state index in [4.69, 9.17) is 4.74 Å². The summed E-state index contributed by atoms with van der Waals surface area (Å²) < 4.78 is 8.91. The standard InChI is InChI=1S/C36H50I3NO3/c1-21(2)7-6-8-22(3)28-11-12-29-26-10-9-23-17-25(13-15-35(23,4)30(26)14-16-36(28,29)5)43-32(41)20-40-34(42)27-18-24(37)19-31(38)33(27)39/h9,18-19,21-22,25-26,28-30H,6-8,10-17,20H2,1-5H3,(H,40,42)/t22-,25+,26?,28-,29?,30?,35+,36-/m1/s1. The van der Waals surface area contributed by atoms with E-state index in [2.05, 4.69) is 114 Å². The third kappa shape index (κ3) is 7.18. The Balaban J connectivity index is 1.17. The second-order valence-electron chi connectivity index (χ2n) is 15.1. The molecule has 0 aliphatic heterocycles. The van der Waals surface area contributed by atoms with E-state index in [1.54, 1.807) is 0 Å². The lowest BCUT2D eigenvalue weighted by Crippen LogP contribution is -2.51. The topological polar surface area (TPSA) is 55.4 Å². The summed E-state index contributed by atoms with van der Waals surface area (Å²) in [6.07, 6.45) is 16.3. The minimum absolute atomic E-state index is 0.0876. The highest BCUT2D eigenvalue weighted by molar-refractivity contribution is 14.1. The molecule has 4 aliphatic rings. The van der Waals surface area contributed by atoms with Crippen molar-refractivity contribution < 1.29 is 14.3 Å². The van der Waals surface area contributed by atoms with Crippen molar-refractivity contribution in [2.75, 3.05) is 6.54 Å². The molecule has 3 saturated carbocycles. The largest absolute Gasteiger partial charge is 0.461 e. The molecule has 0 heterocycles. The number of rotatable bonds is 9. The van der Waals surface area contributed by atoms with E-state index in [1.165, 1.54) is 56.9 Å². The first-order chi connectivity index (χ1) is 20.3. The molecule has 0 aromatic heterocycles. The number of allylic oxidation sites excluding steroid dienone is 1. The van der Waals surface area contributed by atoms with Gasteiger partial charge in [-0.05, 0) is 171 Å². The van der Waals surface area contributed by atoms with Crippen LogP contribution in [0.3, 0.4) is 0 Å². The number of esters is 1. The van der Waals surface area contributed by atoms with Gasteiger partial charge in [-0.15, -0.1) is 0 Å². The van der Waals surface area contributed by atoms with Crippen molar-refractivity contribution in [2.45, 2.75) is 111 Å². The molecule has 1 aromatic rings. The predicted molar refractivity (Wildman–Crippen MR) is 200 cm³/mol. The van der Waals surface area contributed by atoms with E-state index in [0.717, 1.165) is 65.5 Å². The van der Waals surface area contributed by atoms with Crippen molar-refractivity contribution in [3.05, 3.63) is 40.1 Å². The van der Waals surface area contributed by atoms with Crippen molar-refractivity contribution in [1.82, 2.24) is 5.32 Å². The van der Waals surface area contributed by atoms with Crippen LogP contribution in [-0.2, 0) is 9.53 Å². The van der Waals surface area contributed by atoms with Gasteiger partial charge in [0.1, 0.15) is 12.6 Å². The molecular formula is C36H50I3NO3. The van der Waals surface area contributed by atoms with Gasteiger partial charge in [0.25, 0.3) is 5.91 Å². The lowest BCUT2D eigenvalue weighted by Gasteiger charge is -2.58. The lowest BCUT2D eigenvalue weighted by molar-refractivity contribution is -0.150. The first-order valence-electron chi connectivity index (χ1n) is 16.6. The van der Waals surface area contributed by atoms with E-state index in [0.29, 0.717) is 11.0 Å². The minimum atomic E-state index is -0.334. The van der Waals surface area contributed by atoms with Gasteiger partial charge in [-0.3, -0.25) is 9.59 Å². The van der Waals surface area contributed by atoms with E-state index in [1.807, 2.05) is 12.1 Å². The smallest absolute Gasteiger partial charge is 0.325 e. The van der Waals surface area contributed by atoms with Crippen molar-refractivity contribution in [3.8, 4) is 0 Å². The Morgan fingerprint density at radius 1 is 1.00 bits per heavy atom. The zero-order valence-electron chi connectivity index (χ0n) is 26.6. The van der Waals surface area contributed by atoms with Gasteiger partial charge < -0.3 is 10.1 Å². The van der Waals surface area contributed by atoms with Crippen LogP contribution >= 0.6 is 67.8 Å². The summed E-state index contributed by atoms with van der Waals surface area (Å²) in [7, 11) is 0. The Bertz CT molecular complexity index is 1250. The van der Waals surface area contributed by atoms with Crippen LogP contribution in [0, 0.1) is 57.0 Å². The average molecular weight is 926 g/mol. The molecule has 43 heavy (non-hydrogen) atoms. The molecule has 4 aliphatic carbocycles. The SMILES string of the molecule is CC(C)CCC[C@@H](C)[C@H]1CCC2C3CC=C4C[C@@H](OC(=O)CNC(=O)c5cc(I)cc(I)c5I)CC[C@]4(C)C3CC[C@@]21C. The number of ether oxygens (including phenoxy) is 1. The van der Waals surface area contributed by atoms with Crippen LogP contribution in [0.25, 0.3) is 0 Å². The van der Waals surface area contributed by atoms with Crippen LogP contribution in [0.15, 0.2) is 23.8 Å². The van der Waals surface area contributed by atoms with Gasteiger partial charge in [0.2, 0.25) is 0 Å². The van der Waals surface area contributed by atoms with Crippen LogP contribution in [-0.4, -0.2) is 24.5 Å². The number of carbonyl (C=O) groups is 2. The number of amides is 1. The maximum absolute atomic E-state index is 12.8. The molecule has 0 bridgehead atoms. The van der Waals surface area contributed by atoms with E-state index in [-0.39, 0.29) is 29.9 Å². The fourth-order valence-electron chi connectivity index (χ4n) is 9.95. The fraction of sp³-hybridized carbons (Fsp3) is 0.722. The molecule has 238 valence electrons. The molecule has 3 fully saturated rings. The third-order valence-corrected chi connectivity index (χ3v) is 15.9. The number of carbonyl (C=O) groups excluding carboxylic acids is 2. The maximum atomic E-state index is 12.8. The maximum Gasteiger partial charge on any atom is 0.325 e. The Labute approximate surface area is 300 Å². The number of nitrogens with one attached hydrogen (secondary N) is 1. The first-order valence-corrected chi connectivity index (χ1v) is 19.9. The highest BCUT2D eigenvalue weighted by atomic mass is 127. The van der Waals surface area contributed by atoms with Crippen LogP contribution < -0.4 is 5.32 Å². The first kappa shape index (κ1) is 34.4. The lowest BCUT2D eigenvalue weighted by atomic mass is 9.47. The van der Waals surface area contributed by atoms with E-state index in [9.17, 15) is 9.59 Å². The molecule has 5 rings (SSSR count). The number of halogens is 3. The molecule has 7 heteroatoms. The molecule has 4 nitrogen and oxygen atoms in total. The van der Waals surface area contributed by atoms with Crippen molar-refractivity contribution in [2.24, 2.45) is 46.3 Å².